The molecule has 0 radical (unpaired) electrons. The van der Waals surface area contributed by atoms with Gasteiger partial charge in [-0.25, -0.2) is 4.99 Å². The normalized spacial score (nSPS) is 36.1. The Morgan fingerprint density at radius 3 is 2.93 bits per heavy atom. The lowest BCUT2D eigenvalue weighted by molar-refractivity contribution is 0.195. The summed E-state index contributed by atoms with van der Waals surface area (Å²) in [7, 11) is 0. The van der Waals surface area contributed by atoms with Crippen LogP contribution >= 0.6 is 0 Å². The molecular weight excluding hydrogens is 190 g/mol. The van der Waals surface area contributed by atoms with Crippen molar-refractivity contribution in [2.75, 3.05) is 32.7 Å². The molecule has 0 bridgehead atoms. The van der Waals surface area contributed by atoms with Crippen LogP contribution in [0.25, 0.3) is 0 Å². The van der Waals surface area contributed by atoms with Crippen LogP contribution in [0, 0.1) is 0 Å². The Balaban J connectivity index is 1.55. The molecule has 3 aliphatic heterocycles. The van der Waals surface area contributed by atoms with Gasteiger partial charge in [0, 0.05) is 13.1 Å². The standard InChI is InChI=1S/C11H19N3O/c1-2-4-14(5-3-1)8-11-13-9-6-12-7-10(9)15-11/h9-10,12H,1-8H2. The van der Waals surface area contributed by atoms with Gasteiger partial charge in [0.05, 0.1) is 6.54 Å². The third kappa shape index (κ3) is 2.01. The molecule has 3 rings (SSSR count). The highest BCUT2D eigenvalue weighted by molar-refractivity contribution is 5.80. The van der Waals surface area contributed by atoms with Crippen LogP contribution in [0.1, 0.15) is 19.3 Å². The zero-order chi connectivity index (χ0) is 10.1. The first-order valence-electron chi connectivity index (χ1n) is 6.08. The Labute approximate surface area is 90.7 Å². The maximum atomic E-state index is 5.83. The molecule has 15 heavy (non-hydrogen) atoms. The quantitative estimate of drug-likeness (QED) is 0.708. The molecule has 84 valence electrons. The molecule has 0 aromatic rings. The summed E-state index contributed by atoms with van der Waals surface area (Å²) < 4.78 is 5.83. The van der Waals surface area contributed by atoms with Crippen LogP contribution in [0.5, 0.6) is 0 Å². The van der Waals surface area contributed by atoms with Crippen molar-refractivity contribution in [3.8, 4) is 0 Å². The molecule has 2 saturated heterocycles. The first-order valence-corrected chi connectivity index (χ1v) is 6.08. The smallest absolute Gasteiger partial charge is 0.198 e. The van der Waals surface area contributed by atoms with Gasteiger partial charge in [0.2, 0.25) is 0 Å². The van der Waals surface area contributed by atoms with Gasteiger partial charge < -0.3 is 10.1 Å². The SMILES string of the molecule is C1CCN(CC2=NC3CNCC3O2)CC1. The summed E-state index contributed by atoms with van der Waals surface area (Å²) in [5.41, 5.74) is 0. The lowest BCUT2D eigenvalue weighted by Gasteiger charge is -2.26. The summed E-state index contributed by atoms with van der Waals surface area (Å²) >= 11 is 0. The van der Waals surface area contributed by atoms with Gasteiger partial charge in [0.25, 0.3) is 0 Å². The largest absolute Gasteiger partial charge is 0.473 e. The molecule has 4 nitrogen and oxygen atoms in total. The Morgan fingerprint density at radius 1 is 1.27 bits per heavy atom. The Hall–Kier alpha value is -0.610. The van der Waals surface area contributed by atoms with Gasteiger partial charge >= 0.3 is 0 Å². The van der Waals surface area contributed by atoms with E-state index in [-0.39, 0.29) is 0 Å². The third-order valence-electron chi connectivity index (χ3n) is 3.53. The fourth-order valence-corrected chi connectivity index (χ4v) is 2.67. The number of aliphatic imine (C=N–C) groups is 1. The molecule has 0 saturated carbocycles. The fraction of sp³-hybridized carbons (Fsp3) is 0.909. The van der Waals surface area contributed by atoms with Crippen molar-refractivity contribution in [2.24, 2.45) is 4.99 Å². The second kappa shape index (κ2) is 4.10. The highest BCUT2D eigenvalue weighted by Gasteiger charge is 2.35. The molecule has 2 unspecified atom stereocenters. The van der Waals surface area contributed by atoms with E-state index < -0.39 is 0 Å². The number of hydrogen-bond donors (Lipinski definition) is 1. The van der Waals surface area contributed by atoms with Gasteiger partial charge in [-0.3, -0.25) is 4.90 Å². The van der Waals surface area contributed by atoms with E-state index in [0.29, 0.717) is 12.1 Å². The average molecular weight is 209 g/mol. The topological polar surface area (TPSA) is 36.9 Å². The first-order chi connectivity index (χ1) is 7.42. The lowest BCUT2D eigenvalue weighted by Crippen LogP contribution is -2.35. The predicted molar refractivity (Wildman–Crippen MR) is 59.3 cm³/mol. The number of nitrogens with zero attached hydrogens (tertiary/aromatic N) is 2. The molecule has 1 N–H and O–H groups in total. The second-order valence-electron chi connectivity index (χ2n) is 4.74. The van der Waals surface area contributed by atoms with Crippen molar-refractivity contribution in [3.05, 3.63) is 0 Å². The van der Waals surface area contributed by atoms with Crippen LogP contribution < -0.4 is 5.32 Å². The number of rotatable bonds is 2. The molecule has 0 aromatic carbocycles. The first kappa shape index (κ1) is 9.60. The van der Waals surface area contributed by atoms with Gasteiger partial charge in [-0.05, 0) is 25.9 Å². The molecule has 0 spiro atoms. The van der Waals surface area contributed by atoms with E-state index in [0.717, 1.165) is 25.5 Å². The molecular formula is C11H19N3O. The summed E-state index contributed by atoms with van der Waals surface area (Å²) in [6.07, 6.45) is 4.38. The van der Waals surface area contributed by atoms with Crippen LogP contribution in [-0.4, -0.2) is 55.7 Å². The van der Waals surface area contributed by atoms with Crippen molar-refractivity contribution in [1.29, 1.82) is 0 Å². The van der Waals surface area contributed by atoms with Gasteiger partial charge in [0.15, 0.2) is 5.90 Å². The van der Waals surface area contributed by atoms with Gasteiger partial charge in [-0.1, -0.05) is 6.42 Å². The summed E-state index contributed by atoms with van der Waals surface area (Å²) in [6.45, 7) is 5.34. The molecule has 3 aliphatic rings. The number of ether oxygens (including phenoxy) is 1. The van der Waals surface area contributed by atoms with Crippen molar-refractivity contribution in [1.82, 2.24) is 10.2 Å². The highest BCUT2D eigenvalue weighted by atomic mass is 16.5. The number of hydrogen-bond acceptors (Lipinski definition) is 4. The molecule has 2 atom stereocenters. The molecule has 3 heterocycles. The zero-order valence-electron chi connectivity index (χ0n) is 9.11. The minimum Gasteiger partial charge on any atom is -0.473 e. The van der Waals surface area contributed by atoms with E-state index in [9.17, 15) is 0 Å². The van der Waals surface area contributed by atoms with E-state index in [4.69, 9.17) is 4.74 Å². The Bertz CT molecular complexity index is 261. The van der Waals surface area contributed by atoms with Crippen LogP contribution in [0.3, 0.4) is 0 Å². The minimum absolute atomic E-state index is 0.324. The van der Waals surface area contributed by atoms with E-state index in [1.165, 1.54) is 32.4 Å². The van der Waals surface area contributed by atoms with Crippen molar-refractivity contribution in [2.45, 2.75) is 31.4 Å². The lowest BCUT2D eigenvalue weighted by atomic mass is 10.1. The van der Waals surface area contributed by atoms with Gasteiger partial charge in [0.1, 0.15) is 12.1 Å². The fourth-order valence-electron chi connectivity index (χ4n) is 2.67. The molecule has 0 amide bonds. The van der Waals surface area contributed by atoms with Crippen molar-refractivity contribution >= 4 is 5.90 Å². The average Bonchev–Trinajstić information content (AvgIpc) is 2.79. The van der Waals surface area contributed by atoms with Crippen LogP contribution in [0.2, 0.25) is 0 Å². The Kier molecular flexibility index (Phi) is 2.63. The van der Waals surface area contributed by atoms with Crippen LogP contribution in [-0.2, 0) is 4.74 Å². The maximum Gasteiger partial charge on any atom is 0.198 e. The maximum absolute atomic E-state index is 5.83. The highest BCUT2D eigenvalue weighted by Crippen LogP contribution is 2.18. The molecule has 4 heteroatoms. The van der Waals surface area contributed by atoms with E-state index in [1.807, 2.05) is 0 Å². The number of likely N-dealkylation sites (tertiary alicyclic amines) is 1. The van der Waals surface area contributed by atoms with E-state index in [1.54, 1.807) is 0 Å². The summed E-state index contributed by atoms with van der Waals surface area (Å²) in [4.78, 5) is 7.10. The molecule has 2 fully saturated rings. The summed E-state index contributed by atoms with van der Waals surface area (Å²) in [5.74, 6) is 0.980. The summed E-state index contributed by atoms with van der Waals surface area (Å²) in [6, 6.07) is 0.393. The minimum atomic E-state index is 0.324. The third-order valence-corrected chi connectivity index (χ3v) is 3.53. The van der Waals surface area contributed by atoms with Crippen molar-refractivity contribution in [3.63, 3.8) is 0 Å². The summed E-state index contributed by atoms with van der Waals surface area (Å²) in [5, 5.41) is 3.30. The second-order valence-corrected chi connectivity index (χ2v) is 4.74. The molecule has 0 aliphatic carbocycles. The van der Waals surface area contributed by atoms with Gasteiger partial charge in [-0.15, -0.1) is 0 Å². The van der Waals surface area contributed by atoms with Gasteiger partial charge in [-0.2, -0.15) is 0 Å². The Morgan fingerprint density at radius 2 is 2.13 bits per heavy atom. The van der Waals surface area contributed by atoms with Crippen molar-refractivity contribution < 1.29 is 4.74 Å². The predicted octanol–water partition coefficient (Wildman–Crippen LogP) is 0.241. The number of piperidine rings is 1. The van der Waals surface area contributed by atoms with Crippen LogP contribution in [0.4, 0.5) is 0 Å². The van der Waals surface area contributed by atoms with E-state index in [2.05, 4.69) is 15.2 Å². The zero-order valence-corrected chi connectivity index (χ0v) is 9.11. The molecule has 0 aromatic heterocycles. The van der Waals surface area contributed by atoms with E-state index >= 15 is 0 Å². The monoisotopic (exact) mass is 209 g/mol. The van der Waals surface area contributed by atoms with Crippen LogP contribution in [0.15, 0.2) is 4.99 Å². The number of nitrogens with one attached hydrogen (secondary N) is 1. The number of fused-ring (bicyclic) bond motifs is 1.